The standard InChI is InChI=1S/C15H17ClN4S/c1-20(2)12-8-10(16)7-11(9-12)18-15(21)19-14-6-4-3-5-13(14)17/h3-9H,17H2,1-2H3,(H2,18,19,21). The molecule has 0 aliphatic heterocycles. The number of nitrogens with zero attached hydrogens (tertiary/aromatic N) is 1. The third-order valence-corrected chi connectivity index (χ3v) is 3.29. The summed E-state index contributed by atoms with van der Waals surface area (Å²) < 4.78 is 0. The quantitative estimate of drug-likeness (QED) is 0.593. The topological polar surface area (TPSA) is 53.3 Å². The van der Waals surface area contributed by atoms with Gasteiger partial charge in [0.05, 0.1) is 11.4 Å². The van der Waals surface area contributed by atoms with E-state index < -0.39 is 0 Å². The van der Waals surface area contributed by atoms with E-state index in [9.17, 15) is 0 Å². The minimum Gasteiger partial charge on any atom is -0.397 e. The number of hydrogen-bond donors (Lipinski definition) is 3. The van der Waals surface area contributed by atoms with Crippen molar-refractivity contribution in [2.45, 2.75) is 0 Å². The smallest absolute Gasteiger partial charge is 0.175 e. The van der Waals surface area contributed by atoms with E-state index >= 15 is 0 Å². The molecule has 0 unspecified atom stereocenters. The number of thiocarbonyl (C=S) groups is 1. The molecular formula is C15H17ClN4S. The van der Waals surface area contributed by atoms with Crippen molar-refractivity contribution in [2.75, 3.05) is 35.4 Å². The summed E-state index contributed by atoms with van der Waals surface area (Å²) in [4.78, 5) is 1.97. The number of nitrogens with one attached hydrogen (secondary N) is 2. The summed E-state index contributed by atoms with van der Waals surface area (Å²) >= 11 is 11.4. The van der Waals surface area contributed by atoms with E-state index in [1.807, 2.05) is 61.5 Å². The number of hydrogen-bond acceptors (Lipinski definition) is 3. The van der Waals surface area contributed by atoms with Gasteiger partial charge in [0.2, 0.25) is 0 Å². The highest BCUT2D eigenvalue weighted by Crippen LogP contribution is 2.25. The number of anilines is 4. The molecule has 2 rings (SSSR count). The van der Waals surface area contributed by atoms with Gasteiger partial charge in [-0.05, 0) is 42.5 Å². The Bertz CT molecular complexity index is 658. The molecule has 21 heavy (non-hydrogen) atoms. The van der Waals surface area contributed by atoms with Crippen LogP contribution in [0.5, 0.6) is 0 Å². The highest BCUT2D eigenvalue weighted by molar-refractivity contribution is 7.80. The molecule has 0 aliphatic rings. The minimum absolute atomic E-state index is 0.458. The van der Waals surface area contributed by atoms with Crippen LogP contribution in [0.25, 0.3) is 0 Å². The molecule has 4 N–H and O–H groups in total. The van der Waals surface area contributed by atoms with Gasteiger partial charge in [0.1, 0.15) is 0 Å². The number of para-hydroxylation sites is 2. The second-order valence-corrected chi connectivity index (χ2v) is 5.60. The molecule has 6 heteroatoms. The average Bonchev–Trinajstić information content (AvgIpc) is 2.40. The first kappa shape index (κ1) is 15.4. The Morgan fingerprint density at radius 2 is 1.86 bits per heavy atom. The summed E-state index contributed by atoms with van der Waals surface area (Å²) in [5.74, 6) is 0. The molecule has 0 fully saturated rings. The van der Waals surface area contributed by atoms with Crippen molar-refractivity contribution >= 4 is 51.7 Å². The Balaban J connectivity index is 2.11. The molecule has 0 spiro atoms. The van der Waals surface area contributed by atoms with Crippen molar-refractivity contribution in [1.82, 2.24) is 0 Å². The van der Waals surface area contributed by atoms with Crippen molar-refractivity contribution < 1.29 is 0 Å². The Hall–Kier alpha value is -1.98. The summed E-state index contributed by atoms with van der Waals surface area (Å²) in [6.45, 7) is 0. The monoisotopic (exact) mass is 320 g/mol. The van der Waals surface area contributed by atoms with Crippen LogP contribution in [0.4, 0.5) is 22.7 Å². The zero-order valence-electron chi connectivity index (χ0n) is 11.9. The third-order valence-electron chi connectivity index (χ3n) is 2.87. The number of halogens is 1. The van der Waals surface area contributed by atoms with Crippen molar-refractivity contribution in [3.63, 3.8) is 0 Å². The molecule has 0 saturated heterocycles. The predicted octanol–water partition coefficient (Wildman–Crippen LogP) is 3.80. The summed E-state index contributed by atoms with van der Waals surface area (Å²) in [7, 11) is 3.91. The Morgan fingerprint density at radius 3 is 2.52 bits per heavy atom. The molecule has 0 atom stereocenters. The van der Waals surface area contributed by atoms with Gasteiger partial charge in [0.15, 0.2) is 5.11 Å². The Kier molecular flexibility index (Phi) is 4.88. The highest BCUT2D eigenvalue weighted by atomic mass is 35.5. The van der Waals surface area contributed by atoms with Gasteiger partial charge in [0.25, 0.3) is 0 Å². The van der Waals surface area contributed by atoms with Gasteiger partial charge in [0, 0.05) is 30.5 Å². The van der Waals surface area contributed by atoms with Crippen molar-refractivity contribution in [2.24, 2.45) is 0 Å². The SMILES string of the molecule is CN(C)c1cc(Cl)cc(NC(=S)Nc2ccccc2N)c1. The van der Waals surface area contributed by atoms with Crippen LogP contribution in [-0.4, -0.2) is 19.2 Å². The Morgan fingerprint density at radius 1 is 1.14 bits per heavy atom. The summed E-state index contributed by atoms with van der Waals surface area (Å²) in [6.07, 6.45) is 0. The molecule has 110 valence electrons. The number of benzene rings is 2. The molecule has 4 nitrogen and oxygen atoms in total. The molecular weight excluding hydrogens is 304 g/mol. The summed E-state index contributed by atoms with van der Waals surface area (Å²) in [6, 6.07) is 13.1. The maximum absolute atomic E-state index is 6.11. The second kappa shape index (κ2) is 6.65. The van der Waals surface area contributed by atoms with Crippen molar-refractivity contribution in [1.29, 1.82) is 0 Å². The lowest BCUT2D eigenvalue weighted by molar-refractivity contribution is 1.13. The van der Waals surface area contributed by atoms with E-state index in [2.05, 4.69) is 10.6 Å². The van der Waals surface area contributed by atoms with E-state index in [0.29, 0.717) is 15.8 Å². The second-order valence-electron chi connectivity index (χ2n) is 4.76. The van der Waals surface area contributed by atoms with E-state index in [4.69, 9.17) is 29.6 Å². The maximum Gasteiger partial charge on any atom is 0.175 e. The first-order valence-electron chi connectivity index (χ1n) is 6.36. The third kappa shape index (κ3) is 4.24. The van der Waals surface area contributed by atoms with Crippen molar-refractivity contribution in [3.8, 4) is 0 Å². The predicted molar refractivity (Wildman–Crippen MR) is 96.5 cm³/mol. The van der Waals surface area contributed by atoms with Crippen LogP contribution in [0, 0.1) is 0 Å². The fourth-order valence-corrected chi connectivity index (χ4v) is 2.26. The highest BCUT2D eigenvalue weighted by Gasteiger charge is 2.05. The lowest BCUT2D eigenvalue weighted by atomic mass is 10.2. The van der Waals surface area contributed by atoms with Crippen LogP contribution in [-0.2, 0) is 0 Å². The molecule has 2 aromatic carbocycles. The molecule has 0 saturated carbocycles. The summed E-state index contributed by atoms with van der Waals surface area (Å²) in [5, 5.41) is 7.28. The van der Waals surface area contributed by atoms with E-state index in [-0.39, 0.29) is 0 Å². The van der Waals surface area contributed by atoms with Gasteiger partial charge >= 0.3 is 0 Å². The van der Waals surface area contributed by atoms with Crippen LogP contribution < -0.4 is 21.3 Å². The average molecular weight is 321 g/mol. The van der Waals surface area contributed by atoms with Crippen LogP contribution in [0.1, 0.15) is 0 Å². The zero-order chi connectivity index (χ0) is 15.4. The van der Waals surface area contributed by atoms with Crippen LogP contribution in [0.2, 0.25) is 5.02 Å². The molecule has 0 aliphatic carbocycles. The van der Waals surface area contributed by atoms with Crippen molar-refractivity contribution in [3.05, 3.63) is 47.5 Å². The van der Waals surface area contributed by atoms with E-state index in [1.165, 1.54) is 0 Å². The Labute approximate surface area is 134 Å². The lowest BCUT2D eigenvalue weighted by Gasteiger charge is -2.16. The molecule has 0 aromatic heterocycles. The van der Waals surface area contributed by atoms with Crippen LogP contribution >= 0.6 is 23.8 Å². The first-order chi connectivity index (χ1) is 9.95. The number of nitrogen functional groups attached to an aromatic ring is 1. The molecule has 0 heterocycles. The lowest BCUT2D eigenvalue weighted by Crippen LogP contribution is -2.20. The largest absolute Gasteiger partial charge is 0.397 e. The number of nitrogens with two attached hydrogens (primary N) is 1. The van der Waals surface area contributed by atoms with Crippen LogP contribution in [0.3, 0.4) is 0 Å². The molecule has 0 radical (unpaired) electrons. The van der Waals surface area contributed by atoms with E-state index in [1.54, 1.807) is 0 Å². The van der Waals surface area contributed by atoms with Crippen LogP contribution in [0.15, 0.2) is 42.5 Å². The van der Waals surface area contributed by atoms with Gasteiger partial charge in [-0.15, -0.1) is 0 Å². The molecule has 2 aromatic rings. The maximum atomic E-state index is 6.11. The van der Waals surface area contributed by atoms with Gasteiger partial charge in [-0.2, -0.15) is 0 Å². The molecule has 0 bridgehead atoms. The fraction of sp³-hybridized carbons (Fsp3) is 0.133. The van der Waals surface area contributed by atoms with Gasteiger partial charge < -0.3 is 21.3 Å². The van der Waals surface area contributed by atoms with E-state index in [0.717, 1.165) is 17.1 Å². The van der Waals surface area contributed by atoms with Gasteiger partial charge in [-0.25, -0.2) is 0 Å². The summed E-state index contributed by atoms with van der Waals surface area (Å²) in [5.41, 5.74) is 9.09. The van der Waals surface area contributed by atoms with Gasteiger partial charge in [-0.1, -0.05) is 23.7 Å². The fourth-order valence-electron chi connectivity index (χ4n) is 1.80. The normalized spacial score (nSPS) is 10.0. The van der Waals surface area contributed by atoms with Gasteiger partial charge in [-0.3, -0.25) is 0 Å². The molecule has 0 amide bonds. The minimum atomic E-state index is 0.458. The number of rotatable bonds is 3. The zero-order valence-corrected chi connectivity index (χ0v) is 13.4. The first-order valence-corrected chi connectivity index (χ1v) is 7.15.